The Hall–Kier alpha value is -3.63. The first-order valence-corrected chi connectivity index (χ1v) is 12.7. The number of aryl methyl sites for hydroxylation is 1. The molecule has 0 radical (unpaired) electrons. The molecule has 2 heterocycles. The number of carbonyl (C=O) groups excluding carboxylic acids is 1. The Morgan fingerprint density at radius 1 is 1.20 bits per heavy atom. The number of anilines is 1. The Morgan fingerprint density at radius 2 is 2.03 bits per heavy atom. The molecule has 180 valence electrons. The van der Waals surface area contributed by atoms with Gasteiger partial charge in [0.15, 0.2) is 27.6 Å². The van der Waals surface area contributed by atoms with Crippen LogP contribution in [0.4, 0.5) is 5.13 Å². The van der Waals surface area contributed by atoms with Crippen molar-refractivity contribution < 1.29 is 14.3 Å². The molecular weight excluding hydrogens is 482 g/mol. The average Bonchev–Trinajstić information content (AvgIpc) is 3.49. The van der Waals surface area contributed by atoms with E-state index >= 15 is 0 Å². The van der Waals surface area contributed by atoms with Crippen molar-refractivity contribution in [3.05, 3.63) is 78.0 Å². The van der Waals surface area contributed by atoms with E-state index in [0.29, 0.717) is 34.2 Å². The highest BCUT2D eigenvalue weighted by Gasteiger charge is 2.16. The minimum atomic E-state index is -0.167. The second-order valence-electron chi connectivity index (χ2n) is 7.48. The Kier molecular flexibility index (Phi) is 8.17. The van der Waals surface area contributed by atoms with Gasteiger partial charge in [-0.25, -0.2) is 4.98 Å². The summed E-state index contributed by atoms with van der Waals surface area (Å²) in [7, 11) is 1.61. The number of ether oxygens (including phenoxy) is 2. The predicted molar refractivity (Wildman–Crippen MR) is 139 cm³/mol. The maximum atomic E-state index is 12.5. The van der Waals surface area contributed by atoms with Gasteiger partial charge in [0.05, 0.1) is 18.6 Å². The van der Waals surface area contributed by atoms with Crippen LogP contribution in [0, 0.1) is 6.92 Å². The van der Waals surface area contributed by atoms with E-state index in [9.17, 15) is 4.79 Å². The third-order valence-corrected chi connectivity index (χ3v) is 6.66. The van der Waals surface area contributed by atoms with Gasteiger partial charge in [-0.15, -0.1) is 28.1 Å². The van der Waals surface area contributed by atoms with Gasteiger partial charge < -0.3 is 14.8 Å². The molecule has 1 N–H and O–H groups in total. The number of amides is 1. The lowest BCUT2D eigenvalue weighted by atomic mass is 10.2. The van der Waals surface area contributed by atoms with Gasteiger partial charge in [-0.05, 0) is 24.6 Å². The number of thiazole rings is 1. The number of benzene rings is 2. The fraction of sp³-hybridized carbons (Fsp3) is 0.200. The number of nitrogens with one attached hydrogen (secondary N) is 1. The number of hydrogen-bond acceptors (Lipinski definition) is 8. The lowest BCUT2D eigenvalue weighted by molar-refractivity contribution is -0.113. The van der Waals surface area contributed by atoms with Crippen LogP contribution in [-0.2, 0) is 17.9 Å². The van der Waals surface area contributed by atoms with Crippen molar-refractivity contribution in [2.24, 2.45) is 0 Å². The van der Waals surface area contributed by atoms with Crippen LogP contribution in [0.2, 0.25) is 0 Å². The molecule has 35 heavy (non-hydrogen) atoms. The molecule has 4 rings (SSSR count). The van der Waals surface area contributed by atoms with Gasteiger partial charge in [-0.3, -0.25) is 9.36 Å². The fourth-order valence-electron chi connectivity index (χ4n) is 3.24. The zero-order valence-corrected chi connectivity index (χ0v) is 21.1. The normalized spacial score (nSPS) is 10.7. The summed E-state index contributed by atoms with van der Waals surface area (Å²) < 4.78 is 13.2. The van der Waals surface area contributed by atoms with Crippen LogP contribution in [0.3, 0.4) is 0 Å². The number of nitrogens with zero attached hydrogens (tertiary/aromatic N) is 4. The lowest BCUT2D eigenvalue weighted by Gasteiger charge is -2.12. The molecule has 8 nitrogen and oxygen atoms in total. The number of thioether (sulfide) groups is 1. The molecule has 10 heteroatoms. The molecule has 0 aliphatic rings. The van der Waals surface area contributed by atoms with E-state index in [1.165, 1.54) is 23.1 Å². The smallest absolute Gasteiger partial charge is 0.236 e. The van der Waals surface area contributed by atoms with Crippen LogP contribution < -0.4 is 14.8 Å². The van der Waals surface area contributed by atoms with Crippen molar-refractivity contribution >= 4 is 34.1 Å². The molecule has 2 aromatic carbocycles. The first-order valence-electron chi connectivity index (χ1n) is 10.8. The number of carbonyl (C=O) groups is 1. The molecule has 2 aromatic heterocycles. The largest absolute Gasteiger partial charge is 0.493 e. The Labute approximate surface area is 212 Å². The van der Waals surface area contributed by atoms with E-state index in [0.717, 1.165) is 16.8 Å². The molecule has 0 atom stereocenters. The molecular formula is C25H25N5O3S2. The van der Waals surface area contributed by atoms with E-state index in [4.69, 9.17) is 9.47 Å². The minimum Gasteiger partial charge on any atom is -0.493 e. The first-order chi connectivity index (χ1) is 17.1. The standard InChI is InChI=1S/C25H25N5O3S2/c1-4-12-30-22(14-33-20-11-10-17(2)13-21(20)32-3)28-29-25(30)35-16-23(31)27-24-26-19(15-34-24)18-8-6-5-7-9-18/h4-11,13,15H,1,12,14,16H2,2-3H3,(H,26,27,31). The summed E-state index contributed by atoms with van der Waals surface area (Å²) in [6.07, 6.45) is 1.75. The number of rotatable bonds is 11. The van der Waals surface area contributed by atoms with Gasteiger partial charge in [-0.2, -0.15) is 0 Å². The van der Waals surface area contributed by atoms with Crippen molar-refractivity contribution in [1.29, 1.82) is 0 Å². The summed E-state index contributed by atoms with van der Waals surface area (Å²) in [4.78, 5) is 17.0. The number of methoxy groups -OCH3 is 1. The van der Waals surface area contributed by atoms with E-state index in [1.807, 2.05) is 65.4 Å². The van der Waals surface area contributed by atoms with Gasteiger partial charge in [0.1, 0.15) is 6.61 Å². The summed E-state index contributed by atoms with van der Waals surface area (Å²) in [6.45, 7) is 6.50. The Bertz CT molecular complexity index is 1300. The van der Waals surface area contributed by atoms with Crippen molar-refractivity contribution in [3.63, 3.8) is 0 Å². The van der Waals surface area contributed by atoms with Crippen molar-refractivity contribution in [1.82, 2.24) is 19.7 Å². The van der Waals surface area contributed by atoms with E-state index in [-0.39, 0.29) is 18.3 Å². The molecule has 0 bridgehead atoms. The molecule has 0 saturated carbocycles. The number of hydrogen-bond donors (Lipinski definition) is 1. The first kappa shape index (κ1) is 24.5. The maximum Gasteiger partial charge on any atom is 0.236 e. The Balaban J connectivity index is 1.37. The number of allylic oxidation sites excluding steroid dienone is 1. The van der Waals surface area contributed by atoms with Gasteiger partial charge in [0.2, 0.25) is 5.91 Å². The third-order valence-electron chi connectivity index (χ3n) is 4.93. The Morgan fingerprint density at radius 3 is 2.80 bits per heavy atom. The zero-order chi connectivity index (χ0) is 24.6. The molecule has 0 saturated heterocycles. The van der Waals surface area contributed by atoms with Crippen LogP contribution in [0.5, 0.6) is 11.5 Å². The van der Waals surface area contributed by atoms with Crippen molar-refractivity contribution in [2.45, 2.75) is 25.2 Å². The SMILES string of the molecule is C=CCn1c(COc2ccc(C)cc2OC)nnc1SCC(=O)Nc1nc(-c2ccccc2)cs1. The summed E-state index contributed by atoms with van der Waals surface area (Å²) >= 11 is 2.69. The van der Waals surface area contributed by atoms with Crippen LogP contribution >= 0.6 is 23.1 Å². The molecule has 1 amide bonds. The summed E-state index contributed by atoms with van der Waals surface area (Å²) in [5, 5.41) is 14.5. The van der Waals surface area contributed by atoms with E-state index < -0.39 is 0 Å². The van der Waals surface area contributed by atoms with E-state index in [1.54, 1.807) is 13.2 Å². The third kappa shape index (κ3) is 6.28. The second kappa shape index (κ2) is 11.7. The van der Waals surface area contributed by atoms with Gasteiger partial charge in [-0.1, -0.05) is 54.2 Å². The van der Waals surface area contributed by atoms with Gasteiger partial charge in [0.25, 0.3) is 0 Å². The molecule has 0 fully saturated rings. The summed E-state index contributed by atoms with van der Waals surface area (Å²) in [5.74, 6) is 1.91. The molecule has 0 spiro atoms. The van der Waals surface area contributed by atoms with Crippen LogP contribution in [0.15, 0.2) is 71.7 Å². The quantitative estimate of drug-likeness (QED) is 0.220. The highest BCUT2D eigenvalue weighted by atomic mass is 32.2. The lowest BCUT2D eigenvalue weighted by Crippen LogP contribution is -2.15. The van der Waals surface area contributed by atoms with Crippen molar-refractivity contribution in [3.8, 4) is 22.8 Å². The minimum absolute atomic E-state index is 0.167. The second-order valence-corrected chi connectivity index (χ2v) is 9.28. The summed E-state index contributed by atoms with van der Waals surface area (Å²) in [5.41, 5.74) is 2.92. The average molecular weight is 508 g/mol. The zero-order valence-electron chi connectivity index (χ0n) is 19.4. The van der Waals surface area contributed by atoms with Gasteiger partial charge in [0, 0.05) is 17.5 Å². The van der Waals surface area contributed by atoms with Gasteiger partial charge >= 0.3 is 0 Å². The maximum absolute atomic E-state index is 12.5. The van der Waals surface area contributed by atoms with Crippen molar-refractivity contribution in [2.75, 3.05) is 18.2 Å². The highest BCUT2D eigenvalue weighted by molar-refractivity contribution is 7.99. The van der Waals surface area contributed by atoms with Crippen LogP contribution in [-0.4, -0.2) is 38.5 Å². The summed E-state index contributed by atoms with van der Waals surface area (Å²) in [6, 6.07) is 15.6. The molecule has 0 aliphatic heterocycles. The topological polar surface area (TPSA) is 91.2 Å². The molecule has 0 unspecified atom stereocenters. The van der Waals surface area contributed by atoms with Crippen LogP contribution in [0.25, 0.3) is 11.3 Å². The molecule has 0 aliphatic carbocycles. The monoisotopic (exact) mass is 507 g/mol. The highest BCUT2D eigenvalue weighted by Crippen LogP contribution is 2.29. The number of aromatic nitrogens is 4. The predicted octanol–water partition coefficient (Wildman–Crippen LogP) is 5.21. The van der Waals surface area contributed by atoms with E-state index in [2.05, 4.69) is 27.1 Å². The van der Waals surface area contributed by atoms with Crippen LogP contribution in [0.1, 0.15) is 11.4 Å². The molecule has 4 aromatic rings. The fourth-order valence-corrected chi connectivity index (χ4v) is 4.74.